The Morgan fingerprint density at radius 3 is 0.916 bits per heavy atom. The lowest BCUT2D eigenvalue weighted by molar-refractivity contribution is -0.124. The number of fused-ring (bicyclic) bond motifs is 2. The van der Waals surface area contributed by atoms with E-state index in [9.17, 15) is 19.2 Å². The van der Waals surface area contributed by atoms with Crippen LogP contribution in [0.5, 0.6) is 23.0 Å². The summed E-state index contributed by atoms with van der Waals surface area (Å²) in [5.41, 5.74) is 13.9. The van der Waals surface area contributed by atoms with E-state index in [1.165, 1.54) is 47.0 Å². The summed E-state index contributed by atoms with van der Waals surface area (Å²) in [7, 11) is 0. The molecule has 107 heavy (non-hydrogen) atoms. The highest BCUT2D eigenvalue weighted by atomic mass is 32.2. The van der Waals surface area contributed by atoms with E-state index in [0.29, 0.717) is 80.4 Å². The molecule has 0 saturated carbocycles. The zero-order valence-corrected chi connectivity index (χ0v) is 65.5. The number of ether oxygens (including phenoxy) is 7. The summed E-state index contributed by atoms with van der Waals surface area (Å²) in [5, 5.41) is 18.5. The van der Waals surface area contributed by atoms with E-state index in [4.69, 9.17) is 33.2 Å². The number of carbonyl (C=O) groups is 4. The number of amides is 6. The van der Waals surface area contributed by atoms with Crippen molar-refractivity contribution >= 4 is 147 Å². The van der Waals surface area contributed by atoms with Crippen LogP contribution >= 0.6 is 47.0 Å². The van der Waals surface area contributed by atoms with Gasteiger partial charge in [-0.1, -0.05) is 227 Å². The normalized spacial score (nSPS) is 14.4. The molecular formula is C86H88N6O11S4. The van der Waals surface area contributed by atoms with Gasteiger partial charge in [-0.2, -0.15) is 0 Å². The quantitative estimate of drug-likeness (QED) is 0.0618. The predicted molar refractivity (Wildman–Crippen MR) is 432 cm³/mol. The SMILES string of the molecule is CC(C)(C)c1cc2c3c(c1)Sc1cc(C(C)(C)C)cc(c1OCC(=O)NNC(=O)Nc1ccc4ccc5cccc6ccc1c4c56)Sc1cc(C(C)(C)C)cc(c1OCCOCCOCCOCCO3)Sc1cc(C(C)(C)C)cc(c1OCC(=O)NNC(=O)Nc1ccc3ccc4cccc5ccc1c3c45)S2. The molecule has 14 rings (SSSR count). The Kier molecular flexibility index (Phi) is 21.4. The smallest absolute Gasteiger partial charge is 0.337 e. The molecule has 0 aliphatic carbocycles. The van der Waals surface area contributed by atoms with Gasteiger partial charge in [0.15, 0.2) is 13.2 Å². The molecule has 10 bridgehead atoms. The molecule has 6 amide bonds. The van der Waals surface area contributed by atoms with Gasteiger partial charge in [0.2, 0.25) is 0 Å². The average molecular weight is 1510 g/mol. The summed E-state index contributed by atoms with van der Waals surface area (Å²) in [4.78, 5) is 62.4. The summed E-state index contributed by atoms with van der Waals surface area (Å²) < 4.78 is 46.4. The van der Waals surface area contributed by atoms with Crippen LogP contribution in [0.4, 0.5) is 21.0 Å². The van der Waals surface area contributed by atoms with Gasteiger partial charge in [-0.15, -0.1) is 0 Å². The number of rotatable bonds is 8. The molecule has 21 heteroatoms. The molecule has 17 nitrogen and oxygen atoms in total. The number of anilines is 2. The van der Waals surface area contributed by atoms with Gasteiger partial charge >= 0.3 is 12.1 Å². The molecule has 0 unspecified atom stereocenters. The Labute approximate surface area is 640 Å². The number of benzene rings is 12. The van der Waals surface area contributed by atoms with Crippen LogP contribution in [0.1, 0.15) is 105 Å². The van der Waals surface area contributed by atoms with Crippen LogP contribution in [0.15, 0.2) is 197 Å². The maximum Gasteiger partial charge on any atom is 0.337 e. The summed E-state index contributed by atoms with van der Waals surface area (Å²) in [6, 6.07) is 52.5. The Balaban J connectivity index is 0.856. The second kappa shape index (κ2) is 30.7. The Bertz CT molecular complexity index is 4950. The second-order valence-electron chi connectivity index (χ2n) is 30.9. The van der Waals surface area contributed by atoms with E-state index < -0.39 is 58.8 Å². The lowest BCUT2D eigenvalue weighted by Gasteiger charge is -2.28. The van der Waals surface area contributed by atoms with Crippen LogP contribution in [0.3, 0.4) is 0 Å². The molecule has 2 aliphatic heterocycles. The number of urea groups is 2. The molecule has 0 fully saturated rings. The van der Waals surface area contributed by atoms with Crippen molar-refractivity contribution in [2.24, 2.45) is 0 Å². The van der Waals surface area contributed by atoms with Crippen molar-refractivity contribution in [3.63, 3.8) is 0 Å². The van der Waals surface area contributed by atoms with Crippen LogP contribution in [0.25, 0.3) is 64.6 Å². The number of hydrogen-bond donors (Lipinski definition) is 6. The van der Waals surface area contributed by atoms with Gasteiger partial charge in [0.05, 0.1) is 90.2 Å². The zero-order chi connectivity index (χ0) is 75.1. The largest absolute Gasteiger partial charge is 0.489 e. The number of nitrogens with one attached hydrogen (secondary N) is 6. The van der Waals surface area contributed by atoms with Gasteiger partial charge in [0, 0.05) is 10.8 Å². The average Bonchev–Trinajstić information content (AvgIpc) is 0.746. The molecular weight excluding hydrogens is 1420 g/mol. The van der Waals surface area contributed by atoms with Crippen molar-refractivity contribution in [3.8, 4) is 23.0 Å². The minimum absolute atomic E-state index is 0.153. The summed E-state index contributed by atoms with van der Waals surface area (Å²) in [6.45, 7) is 27.1. The molecule has 0 radical (unpaired) electrons. The fourth-order valence-electron chi connectivity index (χ4n) is 13.2. The first-order valence-electron chi connectivity index (χ1n) is 35.9. The minimum Gasteiger partial charge on any atom is -0.489 e. The van der Waals surface area contributed by atoms with Crippen LogP contribution in [0.2, 0.25) is 0 Å². The molecule has 0 spiro atoms. The van der Waals surface area contributed by atoms with Crippen molar-refractivity contribution < 1.29 is 52.3 Å². The van der Waals surface area contributed by atoms with E-state index in [-0.39, 0.29) is 26.4 Å². The fraction of sp³-hybridized carbons (Fsp3) is 0.302. The Morgan fingerprint density at radius 1 is 0.336 bits per heavy atom. The van der Waals surface area contributed by atoms with Gasteiger partial charge in [-0.05, 0) is 158 Å². The van der Waals surface area contributed by atoms with E-state index in [1.54, 1.807) is 0 Å². The van der Waals surface area contributed by atoms with Crippen LogP contribution < -0.4 is 51.3 Å². The topological polar surface area (TPSA) is 205 Å². The minimum atomic E-state index is -0.638. The molecule has 6 N–H and O–H groups in total. The van der Waals surface area contributed by atoms with Gasteiger partial charge in [0.25, 0.3) is 11.8 Å². The number of carbonyl (C=O) groups excluding carboxylic acids is 4. The first-order chi connectivity index (χ1) is 51.2. The lowest BCUT2D eigenvalue weighted by Crippen LogP contribution is -2.45. The molecule has 2 aliphatic rings. The van der Waals surface area contributed by atoms with Gasteiger partial charge in [-0.25, -0.2) is 20.4 Å². The molecule has 2 heterocycles. The summed E-state index contributed by atoms with van der Waals surface area (Å²) in [6.07, 6.45) is 0. The van der Waals surface area contributed by atoms with E-state index in [2.05, 4.69) is 225 Å². The standard InChI is InChI=1S/C86H88N6O11S4/c1-83(2,3)55-39-63-77-64(40-55)105-68-44-58(86(10,11)12)46-70(80(68)103-48-72(94)90-92-82(96)88-62-30-26-54-22-20-50-16-14-18-52-24-28-60(62)76(54)74(50)52)107-66-42-56(84(4,5)6)41-65(78(66)101-38-36-99-34-32-97-31-33-98-35-37-100-77)106-69-45-57(85(7,8)9)43-67(104-63)79(69)102-47-71(93)89-91-81(95)87-61-29-25-53-21-19-49-15-13-17-51-23-27-59(61)75(53)73(49)51/h13-30,39-46H,31-38,47-48H2,1-12H3,(H,89,93)(H,90,94)(H2,87,91,95)(H2,88,92,96). The lowest BCUT2D eigenvalue weighted by atomic mass is 9.87. The highest BCUT2D eigenvalue weighted by Gasteiger charge is 2.32. The Hall–Kier alpha value is -9.32. The van der Waals surface area contributed by atoms with Crippen LogP contribution in [-0.4, -0.2) is 89.9 Å². The van der Waals surface area contributed by atoms with Crippen molar-refractivity contribution in [3.05, 3.63) is 180 Å². The molecule has 12 aromatic carbocycles. The highest BCUT2D eigenvalue weighted by molar-refractivity contribution is 8.01. The molecule has 0 atom stereocenters. The monoisotopic (exact) mass is 1510 g/mol. The van der Waals surface area contributed by atoms with Crippen molar-refractivity contribution in [1.82, 2.24) is 21.7 Å². The first-order valence-corrected chi connectivity index (χ1v) is 39.2. The molecule has 0 aromatic heterocycles. The van der Waals surface area contributed by atoms with Gasteiger partial charge in [-0.3, -0.25) is 20.4 Å². The maximum atomic E-state index is 14.4. The third kappa shape index (κ3) is 16.6. The number of hydrogen-bond acceptors (Lipinski definition) is 15. The van der Waals surface area contributed by atoms with E-state index in [0.717, 1.165) is 106 Å². The first kappa shape index (κ1) is 74.5. The highest BCUT2D eigenvalue weighted by Crippen LogP contribution is 2.57. The van der Waals surface area contributed by atoms with Crippen molar-refractivity contribution in [2.75, 3.05) is 76.7 Å². The maximum absolute atomic E-state index is 14.4. The summed E-state index contributed by atoms with van der Waals surface area (Å²) >= 11 is 5.84. The van der Waals surface area contributed by atoms with E-state index >= 15 is 0 Å². The summed E-state index contributed by atoms with van der Waals surface area (Å²) in [5.74, 6) is 0.709. The fourth-order valence-corrected chi connectivity index (χ4v) is 18.0. The van der Waals surface area contributed by atoms with Crippen molar-refractivity contribution in [1.29, 1.82) is 0 Å². The van der Waals surface area contributed by atoms with Crippen LogP contribution in [0, 0.1) is 0 Å². The third-order valence-electron chi connectivity index (χ3n) is 19.0. The Morgan fingerprint density at radius 2 is 0.607 bits per heavy atom. The van der Waals surface area contributed by atoms with Crippen LogP contribution in [-0.2, 0) is 45.5 Å². The van der Waals surface area contributed by atoms with Crippen molar-refractivity contribution in [2.45, 2.75) is 144 Å². The second-order valence-corrected chi connectivity index (χ2v) is 35.3. The molecule has 552 valence electrons. The van der Waals surface area contributed by atoms with Gasteiger partial charge < -0.3 is 43.8 Å². The zero-order valence-electron chi connectivity index (χ0n) is 62.2. The van der Waals surface area contributed by atoms with E-state index in [1.807, 2.05) is 48.5 Å². The number of hydrazine groups is 2. The molecule has 12 aromatic rings. The molecule has 0 saturated heterocycles. The van der Waals surface area contributed by atoms with Gasteiger partial charge in [0.1, 0.15) is 36.2 Å². The predicted octanol–water partition coefficient (Wildman–Crippen LogP) is 19.9. The third-order valence-corrected chi connectivity index (χ3v) is 23.2.